The van der Waals surface area contributed by atoms with Crippen LogP contribution in [0, 0.1) is 0 Å². The van der Waals surface area contributed by atoms with Gasteiger partial charge in [0.2, 0.25) is 5.91 Å². The fourth-order valence-corrected chi connectivity index (χ4v) is 2.56. The monoisotopic (exact) mass is 346 g/mol. The van der Waals surface area contributed by atoms with Crippen molar-refractivity contribution < 1.29 is 9.59 Å². The highest BCUT2D eigenvalue weighted by molar-refractivity contribution is 6.11. The molecule has 26 heavy (non-hydrogen) atoms. The quantitative estimate of drug-likeness (QED) is 0.630. The van der Waals surface area contributed by atoms with Crippen LogP contribution in [0.15, 0.2) is 72.8 Å². The van der Waals surface area contributed by atoms with Crippen LogP contribution >= 0.6 is 0 Å². The summed E-state index contributed by atoms with van der Waals surface area (Å²) in [6.45, 7) is 0. The van der Waals surface area contributed by atoms with Gasteiger partial charge in [-0.3, -0.25) is 14.5 Å². The van der Waals surface area contributed by atoms with E-state index in [1.54, 1.807) is 66.7 Å². The molecular weight excluding hydrogens is 328 g/mol. The van der Waals surface area contributed by atoms with E-state index < -0.39 is 5.91 Å². The Morgan fingerprint density at radius 2 is 1.15 bits per heavy atom. The molecular formula is C20H18N4O2. The first-order chi connectivity index (χ1) is 12.5. The molecule has 0 heterocycles. The van der Waals surface area contributed by atoms with E-state index in [-0.39, 0.29) is 11.5 Å². The van der Waals surface area contributed by atoms with Crippen molar-refractivity contribution in [1.82, 2.24) is 0 Å². The van der Waals surface area contributed by atoms with Gasteiger partial charge in [0.15, 0.2) is 0 Å². The van der Waals surface area contributed by atoms with Crippen molar-refractivity contribution in [3.8, 4) is 0 Å². The minimum Gasteiger partial charge on any atom is -0.399 e. The van der Waals surface area contributed by atoms with Gasteiger partial charge in [-0.2, -0.15) is 0 Å². The van der Waals surface area contributed by atoms with Crippen LogP contribution in [0.1, 0.15) is 20.7 Å². The van der Waals surface area contributed by atoms with Crippen molar-refractivity contribution in [3.63, 3.8) is 0 Å². The van der Waals surface area contributed by atoms with E-state index in [4.69, 9.17) is 17.2 Å². The standard InChI is InChI=1S/C20H18N4O2/c21-15-4-8-17(9-5-15)24(18-10-6-16(22)7-11-18)20(26)14-3-1-2-13(12-14)19(23)25/h1-12H,21-22H2,(H2,23,25). The minimum atomic E-state index is -0.592. The second kappa shape index (κ2) is 6.98. The normalized spacial score (nSPS) is 10.3. The smallest absolute Gasteiger partial charge is 0.262 e. The van der Waals surface area contributed by atoms with Crippen LogP contribution in [0.25, 0.3) is 0 Å². The van der Waals surface area contributed by atoms with E-state index in [2.05, 4.69) is 0 Å². The Morgan fingerprint density at radius 1 is 0.692 bits per heavy atom. The number of nitrogen functional groups attached to an aromatic ring is 2. The predicted octanol–water partition coefficient (Wildman–Crippen LogP) is 2.93. The average Bonchev–Trinajstić information content (AvgIpc) is 2.65. The van der Waals surface area contributed by atoms with E-state index >= 15 is 0 Å². The summed E-state index contributed by atoms with van der Waals surface area (Å²) in [6, 6.07) is 20.2. The first kappa shape index (κ1) is 17.0. The molecule has 3 aromatic carbocycles. The summed E-state index contributed by atoms with van der Waals surface area (Å²) in [6.07, 6.45) is 0. The maximum atomic E-state index is 13.2. The Balaban J connectivity index is 2.09. The number of amides is 2. The van der Waals surface area contributed by atoms with Gasteiger partial charge in [-0.05, 0) is 66.7 Å². The molecule has 0 aliphatic rings. The summed E-state index contributed by atoms with van der Waals surface area (Å²) in [5.41, 5.74) is 19.9. The second-order valence-electron chi connectivity index (χ2n) is 5.77. The van der Waals surface area contributed by atoms with E-state index in [0.29, 0.717) is 28.3 Å². The van der Waals surface area contributed by atoms with Gasteiger partial charge in [0.1, 0.15) is 0 Å². The van der Waals surface area contributed by atoms with Gasteiger partial charge in [-0.15, -0.1) is 0 Å². The lowest BCUT2D eigenvalue weighted by atomic mass is 10.1. The maximum absolute atomic E-state index is 13.2. The Labute approximate surface area is 150 Å². The molecule has 130 valence electrons. The van der Waals surface area contributed by atoms with Crippen LogP contribution in [0.3, 0.4) is 0 Å². The number of nitrogens with two attached hydrogens (primary N) is 3. The zero-order chi connectivity index (χ0) is 18.7. The third-order valence-corrected chi connectivity index (χ3v) is 3.90. The van der Waals surface area contributed by atoms with Crippen LogP contribution in [-0.4, -0.2) is 11.8 Å². The fraction of sp³-hybridized carbons (Fsp3) is 0. The Kier molecular flexibility index (Phi) is 4.57. The van der Waals surface area contributed by atoms with Gasteiger partial charge in [0, 0.05) is 33.9 Å². The zero-order valence-electron chi connectivity index (χ0n) is 13.9. The molecule has 0 aromatic heterocycles. The van der Waals surface area contributed by atoms with Crippen molar-refractivity contribution in [2.24, 2.45) is 5.73 Å². The predicted molar refractivity (Wildman–Crippen MR) is 103 cm³/mol. The van der Waals surface area contributed by atoms with Gasteiger partial charge >= 0.3 is 0 Å². The molecule has 6 nitrogen and oxygen atoms in total. The zero-order valence-corrected chi connectivity index (χ0v) is 13.9. The highest BCUT2D eigenvalue weighted by Gasteiger charge is 2.20. The van der Waals surface area contributed by atoms with Gasteiger partial charge < -0.3 is 17.2 Å². The first-order valence-corrected chi connectivity index (χ1v) is 7.91. The molecule has 3 aromatic rings. The summed E-state index contributed by atoms with van der Waals surface area (Å²) in [5.74, 6) is -0.895. The van der Waals surface area contributed by atoms with Crippen LogP contribution < -0.4 is 22.1 Å². The molecule has 0 radical (unpaired) electrons. The molecule has 3 rings (SSSR count). The number of anilines is 4. The highest BCUT2D eigenvalue weighted by atomic mass is 16.2. The number of benzene rings is 3. The van der Waals surface area contributed by atoms with Crippen molar-refractivity contribution >= 4 is 34.6 Å². The lowest BCUT2D eigenvalue weighted by Crippen LogP contribution is -2.26. The van der Waals surface area contributed by atoms with Crippen LogP contribution in [0.4, 0.5) is 22.7 Å². The maximum Gasteiger partial charge on any atom is 0.262 e. The molecule has 0 aliphatic carbocycles. The molecule has 0 bridgehead atoms. The van der Waals surface area contributed by atoms with Crippen molar-refractivity contribution in [2.45, 2.75) is 0 Å². The number of carbonyl (C=O) groups excluding carboxylic acids is 2. The number of rotatable bonds is 4. The SMILES string of the molecule is NC(=O)c1cccc(C(=O)N(c2ccc(N)cc2)c2ccc(N)cc2)c1. The van der Waals surface area contributed by atoms with Crippen LogP contribution in [-0.2, 0) is 0 Å². The largest absolute Gasteiger partial charge is 0.399 e. The van der Waals surface area contributed by atoms with E-state index in [0.717, 1.165) is 0 Å². The summed E-state index contributed by atoms with van der Waals surface area (Å²) >= 11 is 0. The molecule has 0 unspecified atom stereocenters. The van der Waals surface area contributed by atoms with E-state index in [9.17, 15) is 9.59 Å². The van der Waals surface area contributed by atoms with E-state index in [1.807, 2.05) is 0 Å². The molecule has 0 saturated carbocycles. The third kappa shape index (κ3) is 3.49. The molecule has 6 heteroatoms. The van der Waals surface area contributed by atoms with Gasteiger partial charge in [0.05, 0.1) is 0 Å². The summed E-state index contributed by atoms with van der Waals surface area (Å²) in [4.78, 5) is 26.2. The molecule has 0 spiro atoms. The van der Waals surface area contributed by atoms with Crippen molar-refractivity contribution in [1.29, 1.82) is 0 Å². The van der Waals surface area contributed by atoms with E-state index in [1.165, 1.54) is 11.0 Å². The van der Waals surface area contributed by atoms with Crippen molar-refractivity contribution in [3.05, 3.63) is 83.9 Å². The summed E-state index contributed by atoms with van der Waals surface area (Å²) in [5, 5.41) is 0. The highest BCUT2D eigenvalue weighted by Crippen LogP contribution is 2.29. The number of primary amides is 1. The second-order valence-corrected chi connectivity index (χ2v) is 5.77. The van der Waals surface area contributed by atoms with Crippen LogP contribution in [0.5, 0.6) is 0 Å². The van der Waals surface area contributed by atoms with Gasteiger partial charge in [0.25, 0.3) is 5.91 Å². The third-order valence-electron chi connectivity index (χ3n) is 3.90. The average molecular weight is 346 g/mol. The Hall–Kier alpha value is -3.80. The number of carbonyl (C=O) groups is 2. The number of hydrogen-bond acceptors (Lipinski definition) is 4. The minimum absolute atomic E-state index is 0.269. The molecule has 6 N–H and O–H groups in total. The van der Waals surface area contributed by atoms with Crippen molar-refractivity contribution in [2.75, 3.05) is 16.4 Å². The topological polar surface area (TPSA) is 115 Å². The molecule has 0 aliphatic heterocycles. The number of hydrogen-bond donors (Lipinski definition) is 3. The van der Waals surface area contributed by atoms with Gasteiger partial charge in [-0.25, -0.2) is 0 Å². The number of nitrogens with zero attached hydrogens (tertiary/aromatic N) is 1. The van der Waals surface area contributed by atoms with Crippen LogP contribution in [0.2, 0.25) is 0 Å². The fourth-order valence-electron chi connectivity index (χ4n) is 2.56. The lowest BCUT2D eigenvalue weighted by Gasteiger charge is -2.23. The molecule has 0 saturated heterocycles. The molecule has 2 amide bonds. The summed E-state index contributed by atoms with van der Waals surface area (Å²) < 4.78 is 0. The first-order valence-electron chi connectivity index (χ1n) is 7.91. The van der Waals surface area contributed by atoms with Gasteiger partial charge in [-0.1, -0.05) is 6.07 Å². The molecule has 0 fully saturated rings. The Bertz CT molecular complexity index is 905. The molecule has 0 atom stereocenters. The summed E-state index contributed by atoms with van der Waals surface area (Å²) in [7, 11) is 0. The Morgan fingerprint density at radius 3 is 1.62 bits per heavy atom. The lowest BCUT2D eigenvalue weighted by molar-refractivity contribution is 0.0998.